The molecule has 1 aromatic heterocycles. The Bertz CT molecular complexity index is 562. The van der Waals surface area contributed by atoms with Gasteiger partial charge in [0.1, 0.15) is 0 Å². The lowest BCUT2D eigenvalue weighted by Crippen LogP contribution is -2.41. The molecule has 1 amide bonds. The highest BCUT2D eigenvalue weighted by Crippen LogP contribution is 2.26. The molecule has 2 N–H and O–H groups in total. The molecule has 110 valence electrons. The lowest BCUT2D eigenvalue weighted by Gasteiger charge is -2.25. The van der Waals surface area contributed by atoms with E-state index in [4.69, 9.17) is 0 Å². The minimum atomic E-state index is -0.0411. The molecule has 0 saturated carbocycles. The van der Waals surface area contributed by atoms with Gasteiger partial charge in [-0.1, -0.05) is 36.4 Å². The number of amides is 1. The predicted octanol–water partition coefficient (Wildman–Crippen LogP) is 2.95. The van der Waals surface area contributed by atoms with Crippen molar-refractivity contribution >= 4 is 17.2 Å². The van der Waals surface area contributed by atoms with Crippen LogP contribution in [0.25, 0.3) is 0 Å². The van der Waals surface area contributed by atoms with Crippen molar-refractivity contribution in [1.82, 2.24) is 10.6 Å². The first-order valence-electron chi connectivity index (χ1n) is 7.44. The van der Waals surface area contributed by atoms with Crippen LogP contribution in [0.2, 0.25) is 0 Å². The molecule has 1 aromatic carbocycles. The molecule has 2 atom stereocenters. The highest BCUT2D eigenvalue weighted by Gasteiger charge is 2.25. The summed E-state index contributed by atoms with van der Waals surface area (Å²) in [5.74, 6) is 0.245. The molecule has 2 heterocycles. The Kier molecular flexibility index (Phi) is 4.68. The second-order valence-electron chi connectivity index (χ2n) is 5.41. The molecular weight excluding hydrogens is 280 g/mol. The van der Waals surface area contributed by atoms with Gasteiger partial charge in [0.25, 0.3) is 0 Å². The summed E-state index contributed by atoms with van der Waals surface area (Å²) in [6.45, 7) is 1.81. The van der Waals surface area contributed by atoms with Gasteiger partial charge in [-0.3, -0.25) is 4.79 Å². The van der Waals surface area contributed by atoms with Crippen molar-refractivity contribution < 1.29 is 4.79 Å². The number of rotatable bonds is 4. The second kappa shape index (κ2) is 6.87. The Morgan fingerprint density at radius 2 is 2.10 bits per heavy atom. The lowest BCUT2D eigenvalue weighted by molar-refractivity contribution is -0.126. The standard InChI is InChI=1S/C17H20N2OS/c20-17(14-8-4-10-18-12-14)19-16(15-9-5-11-21-15)13-6-2-1-3-7-13/h1-3,5-7,9,11,14,16,18H,4,8,10,12H2,(H,19,20). The number of carbonyl (C=O) groups excluding carboxylic acids is 1. The van der Waals surface area contributed by atoms with Gasteiger partial charge >= 0.3 is 0 Å². The molecule has 1 aliphatic rings. The molecule has 2 unspecified atom stereocenters. The molecule has 0 spiro atoms. The highest BCUT2D eigenvalue weighted by molar-refractivity contribution is 7.10. The monoisotopic (exact) mass is 300 g/mol. The fourth-order valence-electron chi connectivity index (χ4n) is 2.76. The summed E-state index contributed by atoms with van der Waals surface area (Å²) in [5.41, 5.74) is 1.14. The molecule has 3 nitrogen and oxygen atoms in total. The Hall–Kier alpha value is -1.65. The maximum Gasteiger partial charge on any atom is 0.225 e. The van der Waals surface area contributed by atoms with Crippen molar-refractivity contribution in [3.8, 4) is 0 Å². The lowest BCUT2D eigenvalue weighted by atomic mass is 9.97. The third-order valence-electron chi connectivity index (χ3n) is 3.91. The molecule has 1 fully saturated rings. The molecular formula is C17H20N2OS. The molecule has 1 aliphatic heterocycles. The van der Waals surface area contributed by atoms with Crippen LogP contribution in [-0.4, -0.2) is 19.0 Å². The maximum atomic E-state index is 12.5. The minimum Gasteiger partial charge on any atom is -0.344 e. The van der Waals surface area contributed by atoms with E-state index in [1.54, 1.807) is 11.3 Å². The summed E-state index contributed by atoms with van der Waals surface area (Å²) in [6, 6.07) is 14.3. The van der Waals surface area contributed by atoms with Crippen LogP contribution >= 0.6 is 11.3 Å². The molecule has 1 saturated heterocycles. The van der Waals surface area contributed by atoms with Crippen LogP contribution in [0.1, 0.15) is 29.3 Å². The van der Waals surface area contributed by atoms with E-state index < -0.39 is 0 Å². The van der Waals surface area contributed by atoms with Crippen molar-refractivity contribution in [1.29, 1.82) is 0 Å². The summed E-state index contributed by atoms with van der Waals surface area (Å²) >= 11 is 1.68. The minimum absolute atomic E-state index is 0.0411. The first kappa shape index (κ1) is 14.3. The van der Waals surface area contributed by atoms with Crippen molar-refractivity contribution in [3.63, 3.8) is 0 Å². The maximum absolute atomic E-state index is 12.5. The molecule has 0 aliphatic carbocycles. The smallest absolute Gasteiger partial charge is 0.225 e. The SMILES string of the molecule is O=C(NC(c1ccccc1)c1cccs1)C1CCCNC1. The quantitative estimate of drug-likeness (QED) is 0.911. The van der Waals surface area contributed by atoms with Crippen molar-refractivity contribution in [3.05, 3.63) is 58.3 Å². The predicted molar refractivity (Wildman–Crippen MR) is 86.3 cm³/mol. The summed E-state index contributed by atoms with van der Waals surface area (Å²) in [5, 5.41) is 8.60. The van der Waals surface area contributed by atoms with Crippen LogP contribution in [0.15, 0.2) is 47.8 Å². The van der Waals surface area contributed by atoms with E-state index in [9.17, 15) is 4.79 Å². The van der Waals surface area contributed by atoms with Gasteiger partial charge in [0.05, 0.1) is 12.0 Å². The van der Waals surface area contributed by atoms with Crippen molar-refractivity contribution in [2.45, 2.75) is 18.9 Å². The van der Waals surface area contributed by atoms with Crippen LogP contribution < -0.4 is 10.6 Å². The van der Waals surface area contributed by atoms with E-state index >= 15 is 0 Å². The molecule has 21 heavy (non-hydrogen) atoms. The topological polar surface area (TPSA) is 41.1 Å². The van der Waals surface area contributed by atoms with Gasteiger partial charge < -0.3 is 10.6 Å². The fraction of sp³-hybridized carbons (Fsp3) is 0.353. The van der Waals surface area contributed by atoms with Gasteiger partial charge in [-0.2, -0.15) is 0 Å². The van der Waals surface area contributed by atoms with Crippen LogP contribution in [0.5, 0.6) is 0 Å². The van der Waals surface area contributed by atoms with Crippen LogP contribution in [0, 0.1) is 5.92 Å². The summed E-state index contributed by atoms with van der Waals surface area (Å²) in [6.07, 6.45) is 2.05. The number of nitrogens with one attached hydrogen (secondary N) is 2. The number of hydrogen-bond acceptors (Lipinski definition) is 3. The van der Waals surface area contributed by atoms with Gasteiger partial charge in [0, 0.05) is 11.4 Å². The van der Waals surface area contributed by atoms with Crippen LogP contribution in [-0.2, 0) is 4.79 Å². The highest BCUT2D eigenvalue weighted by atomic mass is 32.1. The Labute approximate surface area is 129 Å². The third-order valence-corrected chi connectivity index (χ3v) is 4.85. The molecule has 3 rings (SSSR count). The largest absolute Gasteiger partial charge is 0.344 e. The van der Waals surface area contributed by atoms with Gasteiger partial charge in [-0.25, -0.2) is 0 Å². The number of carbonyl (C=O) groups is 1. The number of benzene rings is 1. The van der Waals surface area contributed by atoms with Gasteiger partial charge in [0.2, 0.25) is 5.91 Å². The van der Waals surface area contributed by atoms with Crippen LogP contribution in [0.4, 0.5) is 0 Å². The second-order valence-corrected chi connectivity index (χ2v) is 6.39. The Balaban J connectivity index is 1.78. The summed E-state index contributed by atoms with van der Waals surface area (Å²) in [7, 11) is 0. The van der Waals surface area contributed by atoms with E-state index in [1.165, 1.54) is 4.88 Å². The van der Waals surface area contributed by atoms with Gasteiger partial charge in [-0.15, -0.1) is 11.3 Å². The zero-order valence-electron chi connectivity index (χ0n) is 11.9. The van der Waals surface area contributed by atoms with E-state index in [-0.39, 0.29) is 17.9 Å². The molecule has 0 bridgehead atoms. The van der Waals surface area contributed by atoms with E-state index in [2.05, 4.69) is 34.2 Å². The van der Waals surface area contributed by atoms with E-state index in [1.807, 2.05) is 24.3 Å². The molecule has 2 aromatic rings. The first-order chi connectivity index (χ1) is 10.3. The average Bonchev–Trinajstić information content (AvgIpc) is 3.08. The van der Waals surface area contributed by atoms with Gasteiger partial charge in [0.15, 0.2) is 0 Å². The Morgan fingerprint density at radius 1 is 1.24 bits per heavy atom. The van der Waals surface area contributed by atoms with Crippen LogP contribution in [0.3, 0.4) is 0 Å². The van der Waals surface area contributed by atoms with Crippen molar-refractivity contribution in [2.75, 3.05) is 13.1 Å². The third kappa shape index (κ3) is 3.52. The van der Waals surface area contributed by atoms with Crippen molar-refractivity contribution in [2.24, 2.45) is 5.92 Å². The number of piperidine rings is 1. The average molecular weight is 300 g/mol. The van der Waals surface area contributed by atoms with E-state index in [0.29, 0.717) is 0 Å². The first-order valence-corrected chi connectivity index (χ1v) is 8.32. The zero-order valence-corrected chi connectivity index (χ0v) is 12.7. The summed E-state index contributed by atoms with van der Waals surface area (Å²) in [4.78, 5) is 13.7. The normalized spacial score (nSPS) is 19.9. The Morgan fingerprint density at radius 3 is 2.76 bits per heavy atom. The molecule has 0 radical (unpaired) electrons. The van der Waals surface area contributed by atoms with Gasteiger partial charge in [-0.05, 0) is 36.4 Å². The zero-order chi connectivity index (χ0) is 14.5. The summed E-state index contributed by atoms with van der Waals surface area (Å²) < 4.78 is 0. The fourth-order valence-corrected chi connectivity index (χ4v) is 3.56. The van der Waals surface area contributed by atoms with E-state index in [0.717, 1.165) is 31.5 Å². The molecule has 4 heteroatoms. The number of thiophene rings is 1. The number of hydrogen-bond donors (Lipinski definition) is 2.